The lowest BCUT2D eigenvalue weighted by atomic mass is 9.95. The standard InChI is InChI=1S/C15H24N2O/c1-11(16(2)12-6-7-12)10-17-9-8-13-14(17)4-3-5-15(13)18/h8-9,11-12,15,18H,3-7,10H2,1-2H3. The highest BCUT2D eigenvalue weighted by atomic mass is 16.3. The van der Waals surface area contributed by atoms with Gasteiger partial charge in [0.05, 0.1) is 6.10 Å². The Bertz CT molecular complexity index is 422. The molecule has 0 aromatic carbocycles. The molecule has 1 aromatic heterocycles. The molecule has 1 N–H and O–H groups in total. The van der Waals surface area contributed by atoms with Gasteiger partial charge in [0.25, 0.3) is 0 Å². The summed E-state index contributed by atoms with van der Waals surface area (Å²) in [6.07, 6.45) is 7.83. The summed E-state index contributed by atoms with van der Waals surface area (Å²) >= 11 is 0. The van der Waals surface area contributed by atoms with Gasteiger partial charge in [0.15, 0.2) is 0 Å². The van der Waals surface area contributed by atoms with Crippen LogP contribution in [0, 0.1) is 0 Å². The van der Waals surface area contributed by atoms with Crippen LogP contribution in [0.2, 0.25) is 0 Å². The van der Waals surface area contributed by atoms with Gasteiger partial charge in [-0.05, 0) is 52.1 Å². The zero-order valence-electron chi connectivity index (χ0n) is 11.5. The van der Waals surface area contributed by atoms with Gasteiger partial charge in [-0.1, -0.05) is 0 Å². The molecule has 3 rings (SSSR count). The van der Waals surface area contributed by atoms with E-state index in [1.807, 2.05) is 0 Å². The fraction of sp³-hybridized carbons (Fsp3) is 0.733. The van der Waals surface area contributed by atoms with E-state index in [0.717, 1.165) is 31.8 Å². The summed E-state index contributed by atoms with van der Waals surface area (Å²) in [6, 6.07) is 3.51. The number of hydrogen-bond acceptors (Lipinski definition) is 2. The number of likely N-dealkylation sites (N-methyl/N-ethyl adjacent to an activating group) is 1. The first-order chi connectivity index (χ1) is 8.66. The lowest BCUT2D eigenvalue weighted by molar-refractivity contribution is 0.154. The molecule has 100 valence electrons. The molecule has 0 bridgehead atoms. The van der Waals surface area contributed by atoms with Crippen molar-refractivity contribution in [2.45, 2.75) is 63.8 Å². The number of rotatable bonds is 4. The molecule has 1 saturated carbocycles. The minimum Gasteiger partial charge on any atom is -0.388 e. The molecule has 3 nitrogen and oxygen atoms in total. The third kappa shape index (κ3) is 2.21. The maximum atomic E-state index is 9.99. The van der Waals surface area contributed by atoms with Crippen LogP contribution < -0.4 is 0 Å². The van der Waals surface area contributed by atoms with Crippen LogP contribution in [0.1, 0.15) is 50.0 Å². The van der Waals surface area contributed by atoms with Gasteiger partial charge >= 0.3 is 0 Å². The first-order valence-corrected chi connectivity index (χ1v) is 7.24. The molecule has 0 saturated heterocycles. The Balaban J connectivity index is 1.72. The minimum atomic E-state index is -0.230. The second-order valence-electron chi connectivity index (χ2n) is 6.02. The predicted octanol–water partition coefficient (Wildman–Crippen LogP) is 2.34. The first kappa shape index (κ1) is 12.2. The van der Waals surface area contributed by atoms with E-state index < -0.39 is 0 Å². The van der Waals surface area contributed by atoms with Crippen molar-refractivity contribution in [1.29, 1.82) is 0 Å². The van der Waals surface area contributed by atoms with E-state index in [-0.39, 0.29) is 6.10 Å². The lowest BCUT2D eigenvalue weighted by Gasteiger charge is -2.27. The van der Waals surface area contributed by atoms with Crippen LogP contribution in [0.25, 0.3) is 0 Å². The molecular weight excluding hydrogens is 224 g/mol. The van der Waals surface area contributed by atoms with Crippen molar-refractivity contribution < 1.29 is 5.11 Å². The van der Waals surface area contributed by atoms with Crippen LogP contribution in [-0.4, -0.2) is 33.7 Å². The Kier molecular flexibility index (Phi) is 3.20. The van der Waals surface area contributed by atoms with E-state index in [1.165, 1.54) is 24.1 Å². The van der Waals surface area contributed by atoms with E-state index >= 15 is 0 Å². The fourth-order valence-corrected chi connectivity index (χ4v) is 3.16. The van der Waals surface area contributed by atoms with Crippen molar-refractivity contribution in [3.8, 4) is 0 Å². The largest absolute Gasteiger partial charge is 0.388 e. The van der Waals surface area contributed by atoms with Gasteiger partial charge in [-0.2, -0.15) is 0 Å². The van der Waals surface area contributed by atoms with Gasteiger partial charge in [-0.15, -0.1) is 0 Å². The molecule has 2 aliphatic rings. The van der Waals surface area contributed by atoms with Gasteiger partial charge in [0.1, 0.15) is 0 Å². The smallest absolute Gasteiger partial charge is 0.0807 e. The summed E-state index contributed by atoms with van der Waals surface area (Å²) in [4.78, 5) is 2.51. The third-order valence-corrected chi connectivity index (χ3v) is 4.64. The predicted molar refractivity (Wildman–Crippen MR) is 72.6 cm³/mol. The first-order valence-electron chi connectivity index (χ1n) is 7.24. The Morgan fingerprint density at radius 3 is 2.94 bits per heavy atom. The average Bonchev–Trinajstić information content (AvgIpc) is 3.12. The van der Waals surface area contributed by atoms with E-state index in [1.54, 1.807) is 0 Å². The van der Waals surface area contributed by atoms with Gasteiger partial charge < -0.3 is 9.67 Å². The number of fused-ring (bicyclic) bond motifs is 1. The summed E-state index contributed by atoms with van der Waals surface area (Å²) in [5.74, 6) is 0. The zero-order valence-corrected chi connectivity index (χ0v) is 11.5. The summed E-state index contributed by atoms with van der Waals surface area (Å²) in [5.41, 5.74) is 2.53. The number of hydrogen-bond donors (Lipinski definition) is 1. The molecule has 18 heavy (non-hydrogen) atoms. The Labute approximate surface area is 109 Å². The Morgan fingerprint density at radius 1 is 1.44 bits per heavy atom. The number of nitrogens with zero attached hydrogens (tertiary/aromatic N) is 2. The number of aliphatic hydroxyl groups excluding tert-OH is 1. The van der Waals surface area contributed by atoms with Crippen LogP contribution in [0.3, 0.4) is 0 Å². The molecule has 2 aliphatic carbocycles. The molecule has 3 heteroatoms. The zero-order chi connectivity index (χ0) is 12.7. The fourth-order valence-electron chi connectivity index (χ4n) is 3.16. The summed E-state index contributed by atoms with van der Waals surface area (Å²) in [7, 11) is 2.24. The molecule has 1 fully saturated rings. The van der Waals surface area contributed by atoms with Crippen molar-refractivity contribution >= 4 is 0 Å². The van der Waals surface area contributed by atoms with Crippen LogP contribution in [-0.2, 0) is 13.0 Å². The molecule has 1 aromatic rings. The minimum absolute atomic E-state index is 0.230. The Hall–Kier alpha value is -0.800. The van der Waals surface area contributed by atoms with E-state index in [9.17, 15) is 5.11 Å². The average molecular weight is 248 g/mol. The summed E-state index contributed by atoms with van der Waals surface area (Å²) in [6.45, 7) is 3.36. The van der Waals surface area contributed by atoms with E-state index in [4.69, 9.17) is 0 Å². The SMILES string of the molecule is CC(Cn1ccc2c1CCCC2O)N(C)C1CC1. The summed E-state index contributed by atoms with van der Waals surface area (Å²) < 4.78 is 2.36. The lowest BCUT2D eigenvalue weighted by Crippen LogP contribution is -2.34. The molecular formula is C15H24N2O. The van der Waals surface area contributed by atoms with Crippen molar-refractivity contribution in [3.05, 3.63) is 23.5 Å². The molecule has 0 amide bonds. The topological polar surface area (TPSA) is 28.4 Å². The van der Waals surface area contributed by atoms with Gasteiger partial charge in [-0.3, -0.25) is 4.90 Å². The van der Waals surface area contributed by atoms with Crippen LogP contribution in [0.5, 0.6) is 0 Å². The maximum Gasteiger partial charge on any atom is 0.0807 e. The van der Waals surface area contributed by atoms with Crippen LogP contribution in [0.15, 0.2) is 12.3 Å². The summed E-state index contributed by atoms with van der Waals surface area (Å²) in [5, 5.41) is 9.99. The molecule has 2 unspecified atom stereocenters. The van der Waals surface area contributed by atoms with E-state index in [0.29, 0.717) is 6.04 Å². The highest BCUT2D eigenvalue weighted by molar-refractivity contribution is 5.27. The monoisotopic (exact) mass is 248 g/mol. The van der Waals surface area contributed by atoms with E-state index in [2.05, 4.69) is 35.7 Å². The van der Waals surface area contributed by atoms with Crippen molar-refractivity contribution in [3.63, 3.8) is 0 Å². The van der Waals surface area contributed by atoms with Gasteiger partial charge in [0, 0.05) is 36.1 Å². The van der Waals surface area contributed by atoms with Gasteiger partial charge in [0.2, 0.25) is 0 Å². The molecule has 0 radical (unpaired) electrons. The highest BCUT2D eigenvalue weighted by Gasteiger charge is 2.30. The second-order valence-corrected chi connectivity index (χ2v) is 6.02. The highest BCUT2D eigenvalue weighted by Crippen LogP contribution is 2.31. The third-order valence-electron chi connectivity index (χ3n) is 4.64. The normalized spacial score (nSPS) is 25.2. The second kappa shape index (κ2) is 4.71. The number of aromatic nitrogens is 1. The van der Waals surface area contributed by atoms with Crippen molar-refractivity contribution in [1.82, 2.24) is 9.47 Å². The van der Waals surface area contributed by atoms with Crippen molar-refractivity contribution in [2.75, 3.05) is 7.05 Å². The quantitative estimate of drug-likeness (QED) is 0.886. The maximum absolute atomic E-state index is 9.99. The van der Waals surface area contributed by atoms with Crippen LogP contribution in [0.4, 0.5) is 0 Å². The molecule has 0 spiro atoms. The molecule has 2 atom stereocenters. The Morgan fingerprint density at radius 2 is 2.22 bits per heavy atom. The van der Waals surface area contributed by atoms with Crippen molar-refractivity contribution in [2.24, 2.45) is 0 Å². The van der Waals surface area contributed by atoms with Crippen LogP contribution >= 0.6 is 0 Å². The molecule has 0 aliphatic heterocycles. The van der Waals surface area contributed by atoms with Gasteiger partial charge in [-0.25, -0.2) is 0 Å². The molecule has 1 heterocycles. The number of aliphatic hydroxyl groups is 1.